The minimum absolute atomic E-state index is 0.428. The summed E-state index contributed by atoms with van der Waals surface area (Å²) in [6.07, 6.45) is 1.84. The Balaban J connectivity index is 2.07. The zero-order valence-corrected chi connectivity index (χ0v) is 10.3. The van der Waals surface area contributed by atoms with E-state index in [1.807, 2.05) is 13.1 Å². The fraction of sp³-hybridized carbons (Fsp3) is 0.200. The highest BCUT2D eigenvalue weighted by Gasteiger charge is 2.03. The molecule has 4 nitrogen and oxygen atoms in total. The third-order valence-corrected chi connectivity index (χ3v) is 3.11. The van der Waals surface area contributed by atoms with Crippen molar-refractivity contribution in [1.29, 1.82) is 0 Å². The number of pyridine rings is 1. The molecule has 0 atom stereocenters. The molecule has 3 N–H and O–H groups in total. The largest absolute Gasteiger partial charge is 0.396 e. The summed E-state index contributed by atoms with van der Waals surface area (Å²) in [6, 6.07) is 3.40. The monoisotopic (exact) mass is 254 g/mol. The SMILES string of the molecule is Cc1ncc(CNc2nc(Cl)ccc2N)s1. The Bertz CT molecular complexity index is 497. The lowest BCUT2D eigenvalue weighted by Crippen LogP contribution is -2.03. The van der Waals surface area contributed by atoms with Crippen molar-refractivity contribution in [2.75, 3.05) is 11.1 Å². The fourth-order valence-electron chi connectivity index (χ4n) is 1.25. The van der Waals surface area contributed by atoms with Crippen LogP contribution in [0.3, 0.4) is 0 Å². The summed E-state index contributed by atoms with van der Waals surface area (Å²) in [5.74, 6) is 0.610. The van der Waals surface area contributed by atoms with E-state index in [1.165, 1.54) is 0 Å². The summed E-state index contributed by atoms with van der Waals surface area (Å²) in [7, 11) is 0. The molecule has 2 rings (SSSR count). The number of hydrogen-bond acceptors (Lipinski definition) is 5. The number of aryl methyl sites for hydroxylation is 1. The van der Waals surface area contributed by atoms with E-state index in [-0.39, 0.29) is 0 Å². The number of anilines is 2. The van der Waals surface area contributed by atoms with Gasteiger partial charge in [-0.3, -0.25) is 0 Å². The maximum Gasteiger partial charge on any atom is 0.151 e. The van der Waals surface area contributed by atoms with E-state index in [0.29, 0.717) is 23.2 Å². The van der Waals surface area contributed by atoms with E-state index in [9.17, 15) is 0 Å². The first-order valence-corrected chi connectivity index (χ1v) is 5.92. The van der Waals surface area contributed by atoms with Crippen LogP contribution in [-0.4, -0.2) is 9.97 Å². The predicted octanol–water partition coefficient (Wildman–Crippen LogP) is 2.69. The number of thiazole rings is 1. The summed E-state index contributed by atoms with van der Waals surface area (Å²) in [5.41, 5.74) is 6.35. The van der Waals surface area contributed by atoms with Crippen molar-refractivity contribution in [3.8, 4) is 0 Å². The number of nitrogens with two attached hydrogens (primary N) is 1. The lowest BCUT2D eigenvalue weighted by atomic mass is 10.4. The fourth-order valence-corrected chi connectivity index (χ4v) is 2.13. The number of aromatic nitrogens is 2. The minimum atomic E-state index is 0.428. The van der Waals surface area contributed by atoms with Gasteiger partial charge in [0.1, 0.15) is 5.15 Å². The van der Waals surface area contributed by atoms with Gasteiger partial charge in [-0.15, -0.1) is 11.3 Å². The van der Waals surface area contributed by atoms with Crippen LogP contribution in [0.25, 0.3) is 0 Å². The van der Waals surface area contributed by atoms with Crippen molar-refractivity contribution in [2.45, 2.75) is 13.5 Å². The van der Waals surface area contributed by atoms with Crippen LogP contribution in [0.1, 0.15) is 9.88 Å². The van der Waals surface area contributed by atoms with E-state index in [1.54, 1.807) is 23.5 Å². The standard InChI is InChI=1S/C10H11ClN4S/c1-6-13-4-7(16-6)5-14-10-8(12)2-3-9(11)15-10/h2-4H,5,12H2,1H3,(H,14,15). The zero-order valence-electron chi connectivity index (χ0n) is 8.70. The molecule has 84 valence electrons. The molecule has 0 spiro atoms. The average Bonchev–Trinajstić information content (AvgIpc) is 2.66. The summed E-state index contributed by atoms with van der Waals surface area (Å²) in [5, 5.41) is 4.61. The van der Waals surface area contributed by atoms with Gasteiger partial charge < -0.3 is 11.1 Å². The maximum atomic E-state index is 5.79. The molecule has 0 aliphatic heterocycles. The molecule has 0 aliphatic carbocycles. The van der Waals surface area contributed by atoms with Crippen LogP contribution in [0.2, 0.25) is 5.15 Å². The van der Waals surface area contributed by atoms with Gasteiger partial charge in [0.25, 0.3) is 0 Å². The Hall–Kier alpha value is -1.33. The van der Waals surface area contributed by atoms with E-state index in [4.69, 9.17) is 17.3 Å². The quantitative estimate of drug-likeness (QED) is 0.827. The molecule has 0 aliphatic rings. The zero-order chi connectivity index (χ0) is 11.5. The summed E-state index contributed by atoms with van der Waals surface area (Å²) in [4.78, 5) is 9.42. The van der Waals surface area contributed by atoms with Gasteiger partial charge in [-0.05, 0) is 19.1 Å². The molecule has 0 aromatic carbocycles. The molecular weight excluding hydrogens is 244 g/mol. The van der Waals surface area contributed by atoms with Gasteiger partial charge in [0, 0.05) is 11.1 Å². The lowest BCUT2D eigenvalue weighted by molar-refractivity contribution is 1.13. The van der Waals surface area contributed by atoms with Gasteiger partial charge in [-0.1, -0.05) is 11.6 Å². The van der Waals surface area contributed by atoms with Crippen LogP contribution >= 0.6 is 22.9 Å². The van der Waals surface area contributed by atoms with Crippen molar-refractivity contribution < 1.29 is 0 Å². The smallest absolute Gasteiger partial charge is 0.151 e. The molecule has 0 radical (unpaired) electrons. The second-order valence-corrected chi connectivity index (χ2v) is 4.98. The number of rotatable bonds is 3. The van der Waals surface area contributed by atoms with Crippen molar-refractivity contribution in [3.05, 3.63) is 33.4 Å². The Morgan fingerprint density at radius 2 is 2.31 bits per heavy atom. The topological polar surface area (TPSA) is 63.8 Å². The number of nitrogens with one attached hydrogen (secondary N) is 1. The molecule has 0 bridgehead atoms. The molecule has 2 aromatic heterocycles. The van der Waals surface area contributed by atoms with Crippen LogP contribution in [0.5, 0.6) is 0 Å². The minimum Gasteiger partial charge on any atom is -0.396 e. The number of nitrogens with zero attached hydrogens (tertiary/aromatic N) is 2. The van der Waals surface area contributed by atoms with Crippen LogP contribution in [-0.2, 0) is 6.54 Å². The van der Waals surface area contributed by atoms with Gasteiger partial charge in [0.15, 0.2) is 5.82 Å². The summed E-state index contributed by atoms with van der Waals surface area (Å²) < 4.78 is 0. The van der Waals surface area contributed by atoms with Crippen LogP contribution in [0.4, 0.5) is 11.5 Å². The maximum absolute atomic E-state index is 5.79. The van der Waals surface area contributed by atoms with Crippen LogP contribution in [0.15, 0.2) is 18.3 Å². The summed E-state index contributed by atoms with van der Waals surface area (Å²) in [6.45, 7) is 2.63. The molecule has 6 heteroatoms. The molecule has 0 saturated heterocycles. The molecule has 2 aromatic rings. The Kier molecular flexibility index (Phi) is 3.26. The third kappa shape index (κ3) is 2.62. The summed E-state index contributed by atoms with van der Waals surface area (Å²) >= 11 is 7.43. The molecule has 0 saturated carbocycles. The normalized spacial score (nSPS) is 10.4. The van der Waals surface area contributed by atoms with Crippen molar-refractivity contribution in [1.82, 2.24) is 9.97 Å². The van der Waals surface area contributed by atoms with Crippen molar-refractivity contribution >= 4 is 34.4 Å². The van der Waals surface area contributed by atoms with Gasteiger partial charge in [-0.2, -0.15) is 0 Å². The molecule has 0 unspecified atom stereocenters. The van der Waals surface area contributed by atoms with Gasteiger partial charge in [0.2, 0.25) is 0 Å². The highest BCUT2D eigenvalue weighted by Crippen LogP contribution is 2.20. The lowest BCUT2D eigenvalue weighted by Gasteiger charge is -2.06. The van der Waals surface area contributed by atoms with E-state index < -0.39 is 0 Å². The Labute approximate surface area is 102 Å². The highest BCUT2D eigenvalue weighted by molar-refractivity contribution is 7.11. The molecule has 0 amide bonds. The van der Waals surface area contributed by atoms with Crippen molar-refractivity contribution in [2.24, 2.45) is 0 Å². The second kappa shape index (κ2) is 4.67. The first kappa shape index (κ1) is 11.2. The van der Waals surface area contributed by atoms with Crippen LogP contribution < -0.4 is 11.1 Å². The van der Waals surface area contributed by atoms with E-state index in [2.05, 4.69) is 15.3 Å². The van der Waals surface area contributed by atoms with E-state index in [0.717, 1.165) is 9.88 Å². The number of hydrogen-bond donors (Lipinski definition) is 2. The molecule has 0 fully saturated rings. The predicted molar refractivity (Wildman–Crippen MR) is 67.8 cm³/mol. The first-order chi connectivity index (χ1) is 7.65. The van der Waals surface area contributed by atoms with Gasteiger partial charge in [-0.25, -0.2) is 9.97 Å². The highest BCUT2D eigenvalue weighted by atomic mass is 35.5. The van der Waals surface area contributed by atoms with Crippen LogP contribution in [0, 0.1) is 6.92 Å². The number of halogens is 1. The molecular formula is C10H11ClN4S. The molecule has 2 heterocycles. The molecule has 16 heavy (non-hydrogen) atoms. The number of nitrogen functional groups attached to an aromatic ring is 1. The second-order valence-electron chi connectivity index (χ2n) is 3.27. The van der Waals surface area contributed by atoms with Gasteiger partial charge >= 0.3 is 0 Å². The van der Waals surface area contributed by atoms with Crippen molar-refractivity contribution in [3.63, 3.8) is 0 Å². The first-order valence-electron chi connectivity index (χ1n) is 4.72. The Morgan fingerprint density at radius 1 is 1.50 bits per heavy atom. The van der Waals surface area contributed by atoms with Gasteiger partial charge in [0.05, 0.1) is 17.2 Å². The Morgan fingerprint density at radius 3 is 3.00 bits per heavy atom. The van der Waals surface area contributed by atoms with E-state index >= 15 is 0 Å². The third-order valence-electron chi connectivity index (χ3n) is 1.99. The average molecular weight is 255 g/mol.